The third kappa shape index (κ3) is 3.18. The number of benzene rings is 2. The van der Waals surface area contributed by atoms with E-state index in [2.05, 4.69) is 0 Å². The number of hydrogen-bond donors (Lipinski definition) is 0. The summed E-state index contributed by atoms with van der Waals surface area (Å²) in [6.45, 7) is 1.91. The summed E-state index contributed by atoms with van der Waals surface area (Å²) >= 11 is 0. The Balaban J connectivity index is 1.49. The van der Waals surface area contributed by atoms with Gasteiger partial charge in [0.1, 0.15) is 25.6 Å². The van der Waals surface area contributed by atoms with Crippen LogP contribution in [0.1, 0.15) is 11.1 Å². The van der Waals surface area contributed by atoms with E-state index in [4.69, 9.17) is 14.2 Å². The molecule has 1 amide bonds. The summed E-state index contributed by atoms with van der Waals surface area (Å²) in [5.74, 6) is 2.26. The zero-order chi connectivity index (χ0) is 17.2. The minimum atomic E-state index is -0.0376. The summed E-state index contributed by atoms with van der Waals surface area (Å²) in [5.41, 5.74) is 2.58. The number of nitrogens with zero attached hydrogens (tertiary/aromatic N) is 1. The zero-order valence-corrected chi connectivity index (χ0v) is 14.0. The molecule has 4 rings (SSSR count). The Kier molecular flexibility index (Phi) is 4.06. The first-order valence-electron chi connectivity index (χ1n) is 8.27. The van der Waals surface area contributed by atoms with Crippen LogP contribution in [0.2, 0.25) is 0 Å². The molecule has 0 N–H and O–H groups in total. The van der Waals surface area contributed by atoms with Crippen molar-refractivity contribution >= 4 is 12.0 Å². The van der Waals surface area contributed by atoms with Gasteiger partial charge in [-0.1, -0.05) is 24.3 Å². The van der Waals surface area contributed by atoms with Crippen molar-refractivity contribution < 1.29 is 19.0 Å². The fourth-order valence-electron chi connectivity index (χ4n) is 3.02. The number of para-hydroxylation sites is 1. The normalized spacial score (nSPS) is 14.8. The standard InChI is InChI=1S/C20H19NO4/c1-21(12-14-6-7-18-19(10-14)24-9-8-23-18)20(22)16-11-15-4-2-3-5-17(15)25-13-16/h2-7,10-11H,8-9,12-13H2,1H3. The Labute approximate surface area is 146 Å². The highest BCUT2D eigenvalue weighted by Gasteiger charge is 2.21. The number of carbonyl (C=O) groups is 1. The molecular weight excluding hydrogens is 318 g/mol. The Morgan fingerprint density at radius 2 is 1.80 bits per heavy atom. The first kappa shape index (κ1) is 15.6. The second-order valence-corrected chi connectivity index (χ2v) is 6.14. The average Bonchev–Trinajstić information content (AvgIpc) is 2.67. The van der Waals surface area contributed by atoms with Crippen molar-refractivity contribution in [3.05, 3.63) is 59.2 Å². The fraction of sp³-hybridized carbons (Fsp3) is 0.250. The summed E-state index contributed by atoms with van der Waals surface area (Å²) in [7, 11) is 1.79. The number of hydrogen-bond acceptors (Lipinski definition) is 4. The van der Waals surface area contributed by atoms with Gasteiger partial charge in [0.05, 0.1) is 5.57 Å². The van der Waals surface area contributed by atoms with Crippen LogP contribution in [0.3, 0.4) is 0 Å². The SMILES string of the molecule is CN(Cc1ccc2c(c1)OCCO2)C(=O)C1=Cc2ccccc2OC1. The van der Waals surface area contributed by atoms with Gasteiger partial charge in [-0.15, -0.1) is 0 Å². The van der Waals surface area contributed by atoms with Crippen molar-refractivity contribution in [2.75, 3.05) is 26.9 Å². The van der Waals surface area contributed by atoms with Gasteiger partial charge in [-0.25, -0.2) is 0 Å². The molecule has 0 spiro atoms. The Hall–Kier alpha value is -2.95. The van der Waals surface area contributed by atoms with E-state index in [1.807, 2.05) is 48.5 Å². The van der Waals surface area contributed by atoms with Crippen molar-refractivity contribution in [3.8, 4) is 17.2 Å². The van der Waals surface area contributed by atoms with Gasteiger partial charge in [-0.3, -0.25) is 4.79 Å². The van der Waals surface area contributed by atoms with E-state index < -0.39 is 0 Å². The van der Waals surface area contributed by atoms with Gasteiger partial charge in [0.15, 0.2) is 11.5 Å². The fourth-order valence-corrected chi connectivity index (χ4v) is 3.02. The number of fused-ring (bicyclic) bond motifs is 2. The van der Waals surface area contributed by atoms with Crippen molar-refractivity contribution in [2.24, 2.45) is 0 Å². The molecule has 0 unspecified atom stereocenters. The van der Waals surface area contributed by atoms with Gasteiger partial charge in [0.2, 0.25) is 0 Å². The molecule has 2 heterocycles. The lowest BCUT2D eigenvalue weighted by Crippen LogP contribution is -2.30. The molecule has 2 aliphatic heterocycles. The first-order chi connectivity index (χ1) is 12.2. The maximum atomic E-state index is 12.7. The van der Waals surface area contributed by atoms with Crippen LogP contribution in [-0.2, 0) is 11.3 Å². The molecule has 0 fully saturated rings. The first-order valence-corrected chi connectivity index (χ1v) is 8.27. The molecule has 0 saturated carbocycles. The van der Waals surface area contributed by atoms with Crippen molar-refractivity contribution in [2.45, 2.75) is 6.54 Å². The van der Waals surface area contributed by atoms with Gasteiger partial charge in [-0.2, -0.15) is 0 Å². The molecule has 0 aliphatic carbocycles. The largest absolute Gasteiger partial charge is 0.488 e. The van der Waals surface area contributed by atoms with Gasteiger partial charge >= 0.3 is 0 Å². The quantitative estimate of drug-likeness (QED) is 0.864. The van der Waals surface area contributed by atoms with E-state index in [0.29, 0.717) is 31.9 Å². The van der Waals surface area contributed by atoms with Gasteiger partial charge in [0, 0.05) is 19.2 Å². The summed E-state index contributed by atoms with van der Waals surface area (Å²) in [4.78, 5) is 14.4. The van der Waals surface area contributed by atoms with Gasteiger partial charge < -0.3 is 19.1 Å². The summed E-state index contributed by atoms with van der Waals surface area (Å²) < 4.78 is 16.8. The van der Waals surface area contributed by atoms with Crippen LogP contribution in [0.15, 0.2) is 48.0 Å². The van der Waals surface area contributed by atoms with Crippen molar-refractivity contribution in [1.82, 2.24) is 4.90 Å². The van der Waals surface area contributed by atoms with E-state index in [9.17, 15) is 4.79 Å². The number of amides is 1. The molecule has 25 heavy (non-hydrogen) atoms. The third-order valence-electron chi connectivity index (χ3n) is 4.28. The Bertz CT molecular complexity index is 843. The average molecular weight is 337 g/mol. The Morgan fingerprint density at radius 1 is 1.00 bits per heavy atom. The minimum absolute atomic E-state index is 0.0376. The second-order valence-electron chi connectivity index (χ2n) is 6.14. The number of ether oxygens (including phenoxy) is 3. The zero-order valence-electron chi connectivity index (χ0n) is 14.0. The monoisotopic (exact) mass is 337 g/mol. The summed E-state index contributed by atoms with van der Waals surface area (Å²) in [6.07, 6.45) is 1.90. The van der Waals surface area contributed by atoms with Crippen LogP contribution in [0.25, 0.3) is 6.08 Å². The molecule has 2 aliphatic rings. The Morgan fingerprint density at radius 3 is 2.68 bits per heavy atom. The molecule has 2 aromatic carbocycles. The lowest BCUT2D eigenvalue weighted by molar-refractivity contribution is -0.126. The molecule has 0 radical (unpaired) electrons. The predicted molar refractivity (Wildman–Crippen MR) is 93.8 cm³/mol. The van der Waals surface area contributed by atoms with E-state index in [-0.39, 0.29) is 5.91 Å². The molecule has 0 atom stereocenters. The lowest BCUT2D eigenvalue weighted by atomic mass is 10.1. The predicted octanol–water partition coefficient (Wildman–Crippen LogP) is 2.89. The van der Waals surface area contributed by atoms with Crippen molar-refractivity contribution in [3.63, 3.8) is 0 Å². The van der Waals surface area contributed by atoms with Crippen LogP contribution in [0.5, 0.6) is 17.2 Å². The number of rotatable bonds is 3. The summed E-state index contributed by atoms with van der Waals surface area (Å²) in [6, 6.07) is 13.5. The highest BCUT2D eigenvalue weighted by atomic mass is 16.6. The number of carbonyl (C=O) groups excluding carboxylic acids is 1. The smallest absolute Gasteiger partial charge is 0.253 e. The molecular formula is C20H19NO4. The second kappa shape index (κ2) is 6.51. The molecule has 0 aromatic heterocycles. The van der Waals surface area contributed by atoms with E-state index >= 15 is 0 Å². The molecule has 0 saturated heterocycles. The summed E-state index contributed by atoms with van der Waals surface area (Å²) in [5, 5.41) is 0. The third-order valence-corrected chi connectivity index (χ3v) is 4.28. The highest BCUT2D eigenvalue weighted by Crippen LogP contribution is 2.31. The van der Waals surface area contributed by atoms with Crippen LogP contribution >= 0.6 is 0 Å². The minimum Gasteiger partial charge on any atom is -0.488 e. The molecule has 0 bridgehead atoms. The van der Waals surface area contributed by atoms with Gasteiger partial charge in [-0.05, 0) is 29.8 Å². The van der Waals surface area contributed by atoms with Crippen molar-refractivity contribution in [1.29, 1.82) is 0 Å². The topological polar surface area (TPSA) is 48.0 Å². The highest BCUT2D eigenvalue weighted by molar-refractivity contribution is 5.99. The van der Waals surface area contributed by atoms with Crippen LogP contribution in [0, 0.1) is 0 Å². The molecule has 5 heteroatoms. The van der Waals surface area contributed by atoms with E-state index in [1.54, 1.807) is 11.9 Å². The molecule has 5 nitrogen and oxygen atoms in total. The van der Waals surface area contributed by atoms with Crippen LogP contribution in [-0.4, -0.2) is 37.7 Å². The maximum absolute atomic E-state index is 12.7. The van der Waals surface area contributed by atoms with Gasteiger partial charge in [0.25, 0.3) is 5.91 Å². The lowest BCUT2D eigenvalue weighted by Gasteiger charge is -2.23. The van der Waals surface area contributed by atoms with E-state index in [1.165, 1.54) is 0 Å². The van der Waals surface area contributed by atoms with Crippen LogP contribution in [0.4, 0.5) is 0 Å². The van der Waals surface area contributed by atoms with E-state index in [0.717, 1.165) is 28.4 Å². The number of likely N-dealkylation sites (N-methyl/N-ethyl adjacent to an activating group) is 1. The maximum Gasteiger partial charge on any atom is 0.253 e. The van der Waals surface area contributed by atoms with Crippen LogP contribution < -0.4 is 14.2 Å². The molecule has 128 valence electrons. The molecule has 2 aromatic rings.